The van der Waals surface area contributed by atoms with Crippen LogP contribution < -0.4 is 10.5 Å². The molecule has 166 valence electrons. The van der Waals surface area contributed by atoms with Crippen LogP contribution in [-0.4, -0.2) is 39.5 Å². The monoisotopic (exact) mass is 483 g/mol. The van der Waals surface area contributed by atoms with Crippen molar-refractivity contribution in [2.45, 2.75) is 36.6 Å². The quantitative estimate of drug-likeness (QED) is 0.494. The molecule has 0 bridgehead atoms. The number of nitrogens with one attached hydrogen (secondary N) is 2. The molecule has 0 fully saturated rings. The molecule has 1 amide bonds. The van der Waals surface area contributed by atoms with Crippen molar-refractivity contribution in [3.8, 4) is 0 Å². The number of sulfone groups is 1. The SMILES string of the molecule is Cc1cc(C)cc(S(=O)(=O)c2c(C(=O)NC(C)CS(N)(=O)=O)[nH]c3ccc(Cl)cc23)c1. The van der Waals surface area contributed by atoms with Crippen LogP contribution in [0, 0.1) is 13.8 Å². The molecular formula is C20H22ClN3O5S2. The van der Waals surface area contributed by atoms with Crippen LogP contribution in [0.5, 0.6) is 0 Å². The van der Waals surface area contributed by atoms with E-state index in [2.05, 4.69) is 10.3 Å². The summed E-state index contributed by atoms with van der Waals surface area (Å²) < 4.78 is 49.9. The van der Waals surface area contributed by atoms with Crippen molar-refractivity contribution in [2.75, 3.05) is 5.75 Å². The molecule has 1 heterocycles. The van der Waals surface area contributed by atoms with E-state index in [0.29, 0.717) is 10.5 Å². The average molecular weight is 484 g/mol. The van der Waals surface area contributed by atoms with E-state index < -0.39 is 37.6 Å². The van der Waals surface area contributed by atoms with Crippen molar-refractivity contribution in [1.29, 1.82) is 0 Å². The molecule has 8 nitrogen and oxygen atoms in total. The molecule has 0 radical (unpaired) electrons. The summed E-state index contributed by atoms with van der Waals surface area (Å²) >= 11 is 6.09. The second-order valence-electron chi connectivity index (χ2n) is 7.55. The third kappa shape index (κ3) is 5.09. The lowest BCUT2D eigenvalue weighted by Gasteiger charge is -2.13. The van der Waals surface area contributed by atoms with E-state index in [-0.39, 0.29) is 20.9 Å². The van der Waals surface area contributed by atoms with Gasteiger partial charge in [-0.2, -0.15) is 0 Å². The maximum atomic E-state index is 13.6. The Hall–Kier alpha value is -2.40. The number of nitrogens with two attached hydrogens (primary N) is 1. The standard InChI is InChI=1S/C20H22ClN3O5S2/c1-11-6-12(2)8-15(7-11)31(28,29)19-16-9-14(21)4-5-17(16)24-18(19)20(25)23-13(3)10-30(22,26)27/h4-9,13,24H,10H2,1-3H3,(H,23,25)(H2,22,26,27). The van der Waals surface area contributed by atoms with Gasteiger partial charge in [0.05, 0.1) is 10.6 Å². The number of amides is 1. The number of aryl methyl sites for hydroxylation is 2. The van der Waals surface area contributed by atoms with Crippen LogP contribution in [0.2, 0.25) is 5.02 Å². The van der Waals surface area contributed by atoms with Gasteiger partial charge in [-0.1, -0.05) is 17.7 Å². The number of H-pyrrole nitrogens is 1. The zero-order valence-electron chi connectivity index (χ0n) is 17.1. The van der Waals surface area contributed by atoms with E-state index in [4.69, 9.17) is 16.7 Å². The van der Waals surface area contributed by atoms with E-state index in [1.807, 2.05) is 6.07 Å². The van der Waals surface area contributed by atoms with E-state index in [0.717, 1.165) is 11.1 Å². The van der Waals surface area contributed by atoms with Crippen LogP contribution in [0.15, 0.2) is 46.2 Å². The number of fused-ring (bicyclic) bond motifs is 1. The largest absolute Gasteiger partial charge is 0.349 e. The number of aromatic amines is 1. The van der Waals surface area contributed by atoms with Gasteiger partial charge in [0, 0.05) is 22.0 Å². The lowest BCUT2D eigenvalue weighted by atomic mass is 10.2. The van der Waals surface area contributed by atoms with Gasteiger partial charge in [0.15, 0.2) is 0 Å². The fraction of sp³-hybridized carbons (Fsp3) is 0.250. The summed E-state index contributed by atoms with van der Waals surface area (Å²) in [5.41, 5.74) is 1.70. The zero-order chi connectivity index (χ0) is 23.1. The number of hydrogen-bond donors (Lipinski definition) is 3. The predicted molar refractivity (Wildman–Crippen MR) is 120 cm³/mol. The topological polar surface area (TPSA) is 139 Å². The summed E-state index contributed by atoms with van der Waals surface area (Å²) in [7, 11) is -7.96. The minimum atomic E-state index is -4.12. The number of aromatic nitrogens is 1. The van der Waals surface area contributed by atoms with E-state index in [1.165, 1.54) is 25.1 Å². The Morgan fingerprint density at radius 2 is 1.71 bits per heavy atom. The molecule has 31 heavy (non-hydrogen) atoms. The van der Waals surface area contributed by atoms with E-state index in [1.54, 1.807) is 26.0 Å². The minimum absolute atomic E-state index is 0.0394. The Balaban J connectivity index is 2.20. The van der Waals surface area contributed by atoms with Gasteiger partial charge in [-0.3, -0.25) is 4.79 Å². The Bertz CT molecular complexity index is 1380. The summed E-state index contributed by atoms with van der Waals surface area (Å²) in [6, 6.07) is 8.66. The van der Waals surface area contributed by atoms with Gasteiger partial charge in [-0.15, -0.1) is 0 Å². The number of sulfonamides is 1. The molecule has 4 N–H and O–H groups in total. The van der Waals surface area contributed by atoms with E-state index in [9.17, 15) is 21.6 Å². The molecule has 11 heteroatoms. The maximum absolute atomic E-state index is 13.6. The molecule has 0 saturated carbocycles. The number of hydrogen-bond acceptors (Lipinski definition) is 5. The van der Waals surface area contributed by atoms with Crippen molar-refractivity contribution in [3.05, 3.63) is 58.2 Å². The molecule has 3 rings (SSSR count). The smallest absolute Gasteiger partial charge is 0.269 e. The lowest BCUT2D eigenvalue weighted by Crippen LogP contribution is -2.39. The van der Waals surface area contributed by atoms with Crippen molar-refractivity contribution in [1.82, 2.24) is 10.3 Å². The number of carbonyl (C=O) groups is 1. The fourth-order valence-electron chi connectivity index (χ4n) is 3.47. The van der Waals surface area contributed by atoms with Crippen LogP contribution >= 0.6 is 11.6 Å². The number of primary sulfonamides is 1. The number of benzene rings is 2. The summed E-state index contributed by atoms with van der Waals surface area (Å²) in [5.74, 6) is -1.27. The normalized spacial score (nSPS) is 13.3. The van der Waals surface area contributed by atoms with Crippen molar-refractivity contribution < 1.29 is 21.6 Å². The zero-order valence-corrected chi connectivity index (χ0v) is 19.5. The summed E-state index contributed by atoms with van der Waals surface area (Å²) in [6.07, 6.45) is 0. The van der Waals surface area contributed by atoms with Crippen LogP contribution in [0.4, 0.5) is 0 Å². The number of rotatable bonds is 6. The second-order valence-corrected chi connectivity index (χ2v) is 11.5. The number of halogens is 1. The first-order valence-electron chi connectivity index (χ1n) is 9.24. The van der Waals surface area contributed by atoms with Crippen molar-refractivity contribution in [2.24, 2.45) is 5.14 Å². The highest BCUT2D eigenvalue weighted by atomic mass is 35.5. The molecule has 0 aliphatic carbocycles. The molecule has 2 aromatic carbocycles. The van der Waals surface area contributed by atoms with Crippen LogP contribution in [0.3, 0.4) is 0 Å². The van der Waals surface area contributed by atoms with E-state index >= 15 is 0 Å². The summed E-state index contributed by atoms with van der Waals surface area (Å²) in [4.78, 5) is 15.6. The first-order chi connectivity index (χ1) is 14.3. The fourth-order valence-corrected chi connectivity index (χ4v) is 6.21. The lowest BCUT2D eigenvalue weighted by molar-refractivity contribution is 0.0936. The van der Waals surface area contributed by atoms with Crippen LogP contribution in [0.25, 0.3) is 10.9 Å². The van der Waals surface area contributed by atoms with Gasteiger partial charge in [0.2, 0.25) is 19.9 Å². The molecule has 1 atom stereocenters. The highest BCUT2D eigenvalue weighted by Gasteiger charge is 2.31. The van der Waals surface area contributed by atoms with Gasteiger partial charge < -0.3 is 10.3 Å². The Morgan fingerprint density at radius 3 is 2.29 bits per heavy atom. The van der Waals surface area contributed by atoms with Gasteiger partial charge in [0.1, 0.15) is 10.6 Å². The number of carbonyl (C=O) groups excluding carboxylic acids is 1. The van der Waals surface area contributed by atoms with Gasteiger partial charge >= 0.3 is 0 Å². The second kappa shape index (κ2) is 8.27. The first kappa shape index (κ1) is 23.3. The Morgan fingerprint density at radius 1 is 1.10 bits per heavy atom. The predicted octanol–water partition coefficient (Wildman–Crippen LogP) is 2.68. The highest BCUT2D eigenvalue weighted by Crippen LogP contribution is 2.34. The summed E-state index contributed by atoms with van der Waals surface area (Å²) in [5, 5.41) is 8.09. The third-order valence-corrected chi connectivity index (χ3v) is 7.59. The van der Waals surface area contributed by atoms with Gasteiger partial charge in [0.25, 0.3) is 5.91 Å². The maximum Gasteiger partial charge on any atom is 0.269 e. The first-order valence-corrected chi connectivity index (χ1v) is 12.8. The van der Waals surface area contributed by atoms with Crippen LogP contribution in [0.1, 0.15) is 28.5 Å². The molecule has 3 aromatic rings. The molecule has 0 spiro atoms. The van der Waals surface area contributed by atoms with Crippen LogP contribution in [-0.2, 0) is 19.9 Å². The average Bonchev–Trinajstić information content (AvgIpc) is 2.98. The molecule has 0 aliphatic heterocycles. The van der Waals surface area contributed by atoms with Gasteiger partial charge in [-0.25, -0.2) is 22.0 Å². The Kier molecular flexibility index (Phi) is 6.21. The summed E-state index contributed by atoms with van der Waals surface area (Å²) in [6.45, 7) is 5.02. The van der Waals surface area contributed by atoms with Crippen molar-refractivity contribution in [3.63, 3.8) is 0 Å². The van der Waals surface area contributed by atoms with Gasteiger partial charge in [-0.05, 0) is 62.2 Å². The van der Waals surface area contributed by atoms with Crippen molar-refractivity contribution >= 4 is 48.3 Å². The third-order valence-electron chi connectivity index (χ3n) is 4.57. The molecular weight excluding hydrogens is 462 g/mol. The minimum Gasteiger partial charge on any atom is -0.349 e. The molecule has 0 aliphatic rings. The molecule has 0 saturated heterocycles. The molecule has 1 unspecified atom stereocenters. The highest BCUT2D eigenvalue weighted by molar-refractivity contribution is 7.91. The molecule has 1 aromatic heterocycles. The Labute approximate surface area is 185 Å².